The van der Waals surface area contributed by atoms with Gasteiger partial charge in [-0.2, -0.15) is 5.26 Å². The molecule has 1 atom stereocenters. The van der Waals surface area contributed by atoms with Gasteiger partial charge in [0.2, 0.25) is 11.8 Å². The maximum atomic E-state index is 12.7. The maximum Gasteiger partial charge on any atom is 0.266 e. The van der Waals surface area contributed by atoms with Gasteiger partial charge in [-0.3, -0.25) is 14.4 Å². The highest BCUT2D eigenvalue weighted by Crippen LogP contribution is 2.20. The van der Waals surface area contributed by atoms with Crippen molar-refractivity contribution in [3.8, 4) is 6.07 Å². The summed E-state index contributed by atoms with van der Waals surface area (Å²) in [6.07, 6.45) is 3.19. The van der Waals surface area contributed by atoms with Gasteiger partial charge >= 0.3 is 0 Å². The van der Waals surface area contributed by atoms with Crippen LogP contribution in [-0.4, -0.2) is 41.3 Å². The van der Waals surface area contributed by atoms with Crippen LogP contribution in [0.4, 0.5) is 0 Å². The number of nitriles is 1. The van der Waals surface area contributed by atoms with Crippen LogP contribution >= 0.6 is 0 Å². The molecule has 25 heavy (non-hydrogen) atoms. The molecule has 0 radical (unpaired) electrons. The zero-order valence-corrected chi connectivity index (χ0v) is 14.9. The molecule has 0 spiro atoms. The van der Waals surface area contributed by atoms with Crippen molar-refractivity contribution in [3.05, 3.63) is 32.7 Å². The molecule has 1 aromatic rings. The van der Waals surface area contributed by atoms with Crippen molar-refractivity contribution in [1.29, 1.82) is 5.26 Å². The molecular weight excluding hydrogens is 320 g/mol. The fraction of sp³-hybridized carbons (Fsp3) is 0.556. The van der Waals surface area contributed by atoms with Gasteiger partial charge < -0.3 is 15.2 Å². The SMILES string of the molecule is CNC(=O)C1CCCCN1C(=O)CCc1c(C)[nH]c(=O)c(C#N)c1C. The lowest BCUT2D eigenvalue weighted by Crippen LogP contribution is -2.51. The molecule has 1 fully saturated rings. The van der Waals surface area contributed by atoms with Crippen LogP contribution in [0.15, 0.2) is 4.79 Å². The molecule has 1 aliphatic heterocycles. The van der Waals surface area contributed by atoms with E-state index in [4.69, 9.17) is 5.26 Å². The summed E-state index contributed by atoms with van der Waals surface area (Å²) in [4.78, 5) is 40.8. The molecule has 2 rings (SSSR count). The number of hydrogen-bond donors (Lipinski definition) is 2. The lowest BCUT2D eigenvalue weighted by molar-refractivity contribution is -0.142. The predicted molar refractivity (Wildman–Crippen MR) is 93.0 cm³/mol. The number of carbonyl (C=O) groups is 2. The molecule has 1 saturated heterocycles. The number of aromatic amines is 1. The summed E-state index contributed by atoms with van der Waals surface area (Å²) in [6, 6.07) is 1.52. The number of hydrogen-bond acceptors (Lipinski definition) is 4. The van der Waals surface area contributed by atoms with Gasteiger partial charge in [0.05, 0.1) is 0 Å². The zero-order valence-electron chi connectivity index (χ0n) is 14.9. The smallest absolute Gasteiger partial charge is 0.266 e. The summed E-state index contributed by atoms with van der Waals surface area (Å²) in [5, 5.41) is 11.8. The summed E-state index contributed by atoms with van der Waals surface area (Å²) in [5.74, 6) is -0.201. The van der Waals surface area contributed by atoms with Gasteiger partial charge in [0, 0.05) is 25.7 Å². The number of H-pyrrole nitrogens is 1. The van der Waals surface area contributed by atoms with E-state index in [0.717, 1.165) is 18.4 Å². The average Bonchev–Trinajstić information content (AvgIpc) is 2.60. The van der Waals surface area contributed by atoms with Gasteiger partial charge in [-0.25, -0.2) is 0 Å². The molecule has 0 saturated carbocycles. The Morgan fingerprint density at radius 3 is 2.72 bits per heavy atom. The first kappa shape index (κ1) is 18.7. The summed E-state index contributed by atoms with van der Waals surface area (Å²) in [5.41, 5.74) is 1.81. The average molecular weight is 344 g/mol. The van der Waals surface area contributed by atoms with Crippen LogP contribution in [0.5, 0.6) is 0 Å². The highest BCUT2D eigenvalue weighted by Gasteiger charge is 2.31. The number of nitrogens with one attached hydrogen (secondary N) is 2. The van der Waals surface area contributed by atoms with Crippen molar-refractivity contribution in [2.24, 2.45) is 0 Å². The van der Waals surface area contributed by atoms with E-state index >= 15 is 0 Å². The van der Waals surface area contributed by atoms with Crippen LogP contribution in [0.3, 0.4) is 0 Å². The van der Waals surface area contributed by atoms with Crippen molar-refractivity contribution in [2.45, 2.75) is 52.0 Å². The minimum absolute atomic E-state index is 0.0724. The van der Waals surface area contributed by atoms with Crippen molar-refractivity contribution in [3.63, 3.8) is 0 Å². The lowest BCUT2D eigenvalue weighted by atomic mass is 9.97. The van der Waals surface area contributed by atoms with Crippen molar-refractivity contribution in [2.75, 3.05) is 13.6 Å². The van der Waals surface area contributed by atoms with Gasteiger partial charge in [0.15, 0.2) is 0 Å². The van der Waals surface area contributed by atoms with Crippen LogP contribution in [0, 0.1) is 25.2 Å². The Morgan fingerprint density at radius 1 is 1.36 bits per heavy atom. The second-order valence-electron chi connectivity index (χ2n) is 6.38. The predicted octanol–water partition coefficient (Wildman–Crippen LogP) is 0.923. The Morgan fingerprint density at radius 2 is 2.08 bits per heavy atom. The Kier molecular flexibility index (Phi) is 5.97. The number of rotatable bonds is 4. The van der Waals surface area contributed by atoms with E-state index in [0.29, 0.717) is 30.6 Å². The van der Waals surface area contributed by atoms with Gasteiger partial charge in [-0.05, 0) is 50.7 Å². The first-order chi connectivity index (χ1) is 11.9. The minimum atomic E-state index is -0.404. The number of amides is 2. The number of aryl methyl sites for hydroxylation is 1. The Bertz CT molecular complexity index is 776. The number of likely N-dealkylation sites (N-methyl/N-ethyl adjacent to an activating group) is 1. The Hall–Kier alpha value is -2.62. The van der Waals surface area contributed by atoms with Crippen LogP contribution in [0.2, 0.25) is 0 Å². The standard InChI is InChI=1S/C18H24N4O3/c1-11-13(12(2)21-17(24)14(11)10-19)7-8-16(23)22-9-5-4-6-15(22)18(25)20-3/h15H,4-9H2,1-3H3,(H,20,25)(H,21,24). The molecule has 0 bridgehead atoms. The van der Waals surface area contributed by atoms with Gasteiger partial charge in [-0.15, -0.1) is 0 Å². The van der Waals surface area contributed by atoms with E-state index in [2.05, 4.69) is 10.3 Å². The van der Waals surface area contributed by atoms with E-state index in [9.17, 15) is 14.4 Å². The maximum absolute atomic E-state index is 12.7. The normalized spacial score (nSPS) is 17.0. The molecule has 0 aromatic carbocycles. The first-order valence-corrected chi connectivity index (χ1v) is 8.54. The summed E-state index contributed by atoms with van der Waals surface area (Å²) in [6.45, 7) is 4.09. The van der Waals surface area contributed by atoms with E-state index < -0.39 is 11.6 Å². The summed E-state index contributed by atoms with van der Waals surface area (Å²) in [7, 11) is 1.58. The first-order valence-electron chi connectivity index (χ1n) is 8.54. The second kappa shape index (κ2) is 7.97. The summed E-state index contributed by atoms with van der Waals surface area (Å²) >= 11 is 0. The third kappa shape index (κ3) is 3.90. The van der Waals surface area contributed by atoms with E-state index in [1.54, 1.807) is 25.8 Å². The zero-order chi connectivity index (χ0) is 18.6. The topological polar surface area (TPSA) is 106 Å². The molecule has 7 heteroatoms. The fourth-order valence-electron chi connectivity index (χ4n) is 3.47. The molecular formula is C18H24N4O3. The van der Waals surface area contributed by atoms with Crippen LogP contribution < -0.4 is 10.9 Å². The highest BCUT2D eigenvalue weighted by atomic mass is 16.2. The van der Waals surface area contributed by atoms with Crippen LogP contribution in [0.1, 0.15) is 48.1 Å². The molecule has 1 aromatic heterocycles. The molecule has 7 nitrogen and oxygen atoms in total. The van der Waals surface area contributed by atoms with Crippen molar-refractivity contribution >= 4 is 11.8 Å². The number of carbonyl (C=O) groups excluding carboxylic acids is 2. The second-order valence-corrected chi connectivity index (χ2v) is 6.38. The number of likely N-dealkylation sites (tertiary alicyclic amines) is 1. The number of aromatic nitrogens is 1. The van der Waals surface area contributed by atoms with Gasteiger partial charge in [0.1, 0.15) is 17.7 Å². The van der Waals surface area contributed by atoms with Crippen LogP contribution in [0.25, 0.3) is 0 Å². The lowest BCUT2D eigenvalue weighted by Gasteiger charge is -2.34. The number of pyridine rings is 1. The third-order valence-electron chi connectivity index (χ3n) is 4.88. The quantitative estimate of drug-likeness (QED) is 0.847. The number of nitrogens with zero attached hydrogens (tertiary/aromatic N) is 2. The van der Waals surface area contributed by atoms with E-state index in [1.807, 2.05) is 6.07 Å². The van der Waals surface area contributed by atoms with Gasteiger partial charge in [-0.1, -0.05) is 0 Å². The van der Waals surface area contributed by atoms with Crippen molar-refractivity contribution in [1.82, 2.24) is 15.2 Å². The molecule has 2 N–H and O–H groups in total. The molecule has 1 aliphatic rings. The third-order valence-corrected chi connectivity index (χ3v) is 4.88. The Balaban J connectivity index is 2.16. The molecule has 0 aliphatic carbocycles. The monoisotopic (exact) mass is 344 g/mol. The fourth-order valence-corrected chi connectivity index (χ4v) is 3.47. The molecule has 2 heterocycles. The number of piperidine rings is 1. The van der Waals surface area contributed by atoms with E-state index in [1.165, 1.54) is 0 Å². The molecule has 1 unspecified atom stereocenters. The molecule has 2 amide bonds. The van der Waals surface area contributed by atoms with Gasteiger partial charge in [0.25, 0.3) is 5.56 Å². The Labute approximate surface area is 147 Å². The molecule has 134 valence electrons. The largest absolute Gasteiger partial charge is 0.357 e. The minimum Gasteiger partial charge on any atom is -0.357 e. The van der Waals surface area contributed by atoms with E-state index in [-0.39, 0.29) is 23.8 Å². The summed E-state index contributed by atoms with van der Waals surface area (Å²) < 4.78 is 0. The van der Waals surface area contributed by atoms with Crippen molar-refractivity contribution < 1.29 is 9.59 Å². The highest BCUT2D eigenvalue weighted by molar-refractivity contribution is 5.87. The van der Waals surface area contributed by atoms with Crippen LogP contribution in [-0.2, 0) is 16.0 Å².